The maximum atomic E-state index is 11.2. The summed E-state index contributed by atoms with van der Waals surface area (Å²) in [7, 11) is 1.68. The van der Waals surface area contributed by atoms with E-state index in [1.54, 1.807) is 26.2 Å². The summed E-state index contributed by atoms with van der Waals surface area (Å²) in [6.45, 7) is 8.11. The minimum Gasteiger partial charge on any atom is -0.494 e. The number of rotatable bonds is 11. The summed E-state index contributed by atoms with van der Waals surface area (Å²) in [6.07, 6.45) is 1.73. The van der Waals surface area contributed by atoms with E-state index in [2.05, 4.69) is 6.58 Å². The van der Waals surface area contributed by atoms with Gasteiger partial charge in [0.25, 0.3) is 0 Å². The van der Waals surface area contributed by atoms with E-state index in [0.717, 1.165) is 25.0 Å². The van der Waals surface area contributed by atoms with Crippen molar-refractivity contribution in [2.24, 2.45) is 0 Å². The van der Waals surface area contributed by atoms with Crippen LogP contribution >= 0.6 is 0 Å². The van der Waals surface area contributed by atoms with Crippen LogP contribution in [0.25, 0.3) is 5.76 Å². The predicted molar refractivity (Wildman–Crippen MR) is 83.4 cm³/mol. The highest BCUT2D eigenvalue weighted by Crippen LogP contribution is 2.15. The normalized spacial score (nSPS) is 10.4. The molecule has 1 rings (SSSR count). The molecule has 1 aromatic carbocycles. The summed E-state index contributed by atoms with van der Waals surface area (Å²) in [6, 6.07) is 7.26. The van der Waals surface area contributed by atoms with Crippen molar-refractivity contribution in [2.75, 3.05) is 33.5 Å². The van der Waals surface area contributed by atoms with E-state index in [-0.39, 0.29) is 5.78 Å². The van der Waals surface area contributed by atoms with Gasteiger partial charge in [-0.3, -0.25) is 4.79 Å². The van der Waals surface area contributed by atoms with Gasteiger partial charge in [0.2, 0.25) is 0 Å². The van der Waals surface area contributed by atoms with Gasteiger partial charge < -0.3 is 14.2 Å². The summed E-state index contributed by atoms with van der Waals surface area (Å²) in [5, 5.41) is 0. The Labute approximate surface area is 126 Å². The molecular formula is C17H24O4. The molecule has 116 valence electrons. The predicted octanol–water partition coefficient (Wildman–Crippen LogP) is 3.32. The molecule has 0 heterocycles. The second-order valence-corrected chi connectivity index (χ2v) is 4.72. The van der Waals surface area contributed by atoms with Crippen LogP contribution in [0.2, 0.25) is 0 Å². The van der Waals surface area contributed by atoms with E-state index in [1.165, 1.54) is 0 Å². The van der Waals surface area contributed by atoms with Gasteiger partial charge in [0, 0.05) is 44.5 Å². The van der Waals surface area contributed by atoms with Crippen LogP contribution in [-0.2, 0) is 14.2 Å². The van der Waals surface area contributed by atoms with Gasteiger partial charge in [-0.05, 0) is 13.3 Å². The Balaban J connectivity index is 2.17. The zero-order valence-electron chi connectivity index (χ0n) is 12.9. The Morgan fingerprint density at radius 2 is 1.57 bits per heavy atom. The van der Waals surface area contributed by atoms with Crippen LogP contribution in [0.4, 0.5) is 0 Å². The Bertz CT molecular complexity index is 437. The third kappa shape index (κ3) is 7.06. The highest BCUT2D eigenvalue weighted by atomic mass is 16.5. The van der Waals surface area contributed by atoms with Crippen LogP contribution in [0.5, 0.6) is 0 Å². The topological polar surface area (TPSA) is 44.8 Å². The van der Waals surface area contributed by atoms with Crippen molar-refractivity contribution in [2.45, 2.75) is 19.8 Å². The average molecular weight is 292 g/mol. The summed E-state index contributed by atoms with van der Waals surface area (Å²) in [5.74, 6) is 0.670. The largest absolute Gasteiger partial charge is 0.494 e. The molecule has 0 aliphatic heterocycles. The highest BCUT2D eigenvalue weighted by molar-refractivity contribution is 5.94. The van der Waals surface area contributed by atoms with E-state index in [1.807, 2.05) is 12.1 Å². The highest BCUT2D eigenvalue weighted by Gasteiger charge is 2.02. The average Bonchev–Trinajstić information content (AvgIpc) is 2.49. The standard InChI is InChI=1S/C17H24O4/c1-14(18)16-6-8-17(9-7-16)15(2)21-13-5-12-20-11-4-10-19-3/h6-9H,2,4-5,10-13H2,1,3H3. The molecule has 0 amide bonds. The molecule has 0 aromatic heterocycles. The molecule has 0 saturated carbocycles. The molecule has 1 aromatic rings. The number of carbonyl (C=O) groups is 1. The van der Waals surface area contributed by atoms with Gasteiger partial charge in [-0.15, -0.1) is 0 Å². The number of benzene rings is 1. The lowest BCUT2D eigenvalue weighted by molar-refractivity contribution is 0.0917. The summed E-state index contributed by atoms with van der Waals surface area (Å²) < 4.78 is 15.9. The second kappa shape index (κ2) is 10.1. The smallest absolute Gasteiger partial charge is 0.159 e. The molecular weight excluding hydrogens is 268 g/mol. The zero-order chi connectivity index (χ0) is 15.5. The number of ketones is 1. The van der Waals surface area contributed by atoms with Crippen molar-refractivity contribution in [1.29, 1.82) is 0 Å². The van der Waals surface area contributed by atoms with Crippen molar-refractivity contribution in [3.63, 3.8) is 0 Å². The maximum Gasteiger partial charge on any atom is 0.159 e. The minimum atomic E-state index is 0.0544. The Morgan fingerprint density at radius 1 is 1.00 bits per heavy atom. The number of Topliss-reactive ketones (excluding diaryl/α,β-unsaturated/α-hetero) is 1. The van der Waals surface area contributed by atoms with Crippen LogP contribution in [-0.4, -0.2) is 39.3 Å². The van der Waals surface area contributed by atoms with E-state index in [9.17, 15) is 4.79 Å². The molecule has 0 atom stereocenters. The quantitative estimate of drug-likeness (QED) is 0.356. The zero-order valence-corrected chi connectivity index (χ0v) is 12.9. The van der Waals surface area contributed by atoms with Gasteiger partial charge in [-0.1, -0.05) is 30.8 Å². The molecule has 21 heavy (non-hydrogen) atoms. The van der Waals surface area contributed by atoms with E-state index >= 15 is 0 Å². The fraction of sp³-hybridized carbons (Fsp3) is 0.471. The van der Waals surface area contributed by atoms with Crippen molar-refractivity contribution >= 4 is 11.5 Å². The summed E-state index contributed by atoms with van der Waals surface area (Å²) in [4.78, 5) is 11.2. The fourth-order valence-electron chi connectivity index (χ4n) is 1.74. The SMILES string of the molecule is C=C(OCCCOCCCOC)c1ccc(C(C)=O)cc1. The molecule has 0 aliphatic carbocycles. The molecule has 4 nitrogen and oxygen atoms in total. The molecule has 0 radical (unpaired) electrons. The van der Waals surface area contributed by atoms with Crippen LogP contribution in [0, 0.1) is 0 Å². The van der Waals surface area contributed by atoms with E-state index in [0.29, 0.717) is 31.1 Å². The molecule has 4 heteroatoms. The minimum absolute atomic E-state index is 0.0544. The summed E-state index contributed by atoms with van der Waals surface area (Å²) in [5.41, 5.74) is 1.58. The number of hydrogen-bond acceptors (Lipinski definition) is 4. The van der Waals surface area contributed by atoms with Crippen molar-refractivity contribution in [1.82, 2.24) is 0 Å². The van der Waals surface area contributed by atoms with Crippen LogP contribution in [0.3, 0.4) is 0 Å². The fourth-order valence-corrected chi connectivity index (χ4v) is 1.74. The number of ether oxygens (including phenoxy) is 3. The van der Waals surface area contributed by atoms with Crippen molar-refractivity contribution in [3.8, 4) is 0 Å². The molecule has 0 N–H and O–H groups in total. The Hall–Kier alpha value is -1.65. The molecule has 0 spiro atoms. The first-order valence-electron chi connectivity index (χ1n) is 7.15. The Morgan fingerprint density at radius 3 is 2.14 bits per heavy atom. The molecule has 0 bridgehead atoms. The lowest BCUT2D eigenvalue weighted by Gasteiger charge is -2.10. The lowest BCUT2D eigenvalue weighted by atomic mass is 10.1. The van der Waals surface area contributed by atoms with Gasteiger partial charge >= 0.3 is 0 Å². The van der Waals surface area contributed by atoms with Gasteiger partial charge in [-0.2, -0.15) is 0 Å². The van der Waals surface area contributed by atoms with Crippen LogP contribution in [0.1, 0.15) is 35.7 Å². The maximum absolute atomic E-state index is 11.2. The van der Waals surface area contributed by atoms with E-state index in [4.69, 9.17) is 14.2 Å². The molecule has 0 aliphatic rings. The number of carbonyl (C=O) groups excluding carboxylic acids is 1. The van der Waals surface area contributed by atoms with Gasteiger partial charge in [0.05, 0.1) is 6.61 Å². The van der Waals surface area contributed by atoms with E-state index < -0.39 is 0 Å². The first-order chi connectivity index (χ1) is 10.1. The van der Waals surface area contributed by atoms with Gasteiger partial charge in [-0.25, -0.2) is 0 Å². The Kier molecular flexibility index (Phi) is 8.40. The monoisotopic (exact) mass is 292 g/mol. The van der Waals surface area contributed by atoms with Crippen molar-refractivity contribution < 1.29 is 19.0 Å². The second-order valence-electron chi connectivity index (χ2n) is 4.72. The third-order valence-corrected chi connectivity index (χ3v) is 2.96. The van der Waals surface area contributed by atoms with Gasteiger partial charge in [0.15, 0.2) is 5.78 Å². The summed E-state index contributed by atoms with van der Waals surface area (Å²) >= 11 is 0. The van der Waals surface area contributed by atoms with Crippen LogP contribution in [0.15, 0.2) is 30.8 Å². The number of hydrogen-bond donors (Lipinski definition) is 0. The lowest BCUT2D eigenvalue weighted by Crippen LogP contribution is -2.03. The first kappa shape index (κ1) is 17.4. The van der Waals surface area contributed by atoms with Gasteiger partial charge in [0.1, 0.15) is 5.76 Å². The number of methoxy groups -OCH3 is 1. The molecule has 0 fully saturated rings. The van der Waals surface area contributed by atoms with Crippen molar-refractivity contribution in [3.05, 3.63) is 42.0 Å². The molecule has 0 unspecified atom stereocenters. The third-order valence-electron chi connectivity index (χ3n) is 2.96. The first-order valence-corrected chi connectivity index (χ1v) is 7.15. The van der Waals surface area contributed by atoms with Crippen LogP contribution < -0.4 is 0 Å². The molecule has 0 saturated heterocycles.